The van der Waals surface area contributed by atoms with E-state index in [-0.39, 0.29) is 6.10 Å². The average Bonchev–Trinajstić information content (AvgIpc) is 1.89. The van der Waals surface area contributed by atoms with Gasteiger partial charge in [0, 0.05) is 4.83 Å². The maximum Gasteiger partial charge on any atom is 0.0665 e. The van der Waals surface area contributed by atoms with Crippen molar-refractivity contribution in [2.75, 3.05) is 0 Å². The van der Waals surface area contributed by atoms with Crippen molar-refractivity contribution in [2.45, 2.75) is 50.5 Å². The highest BCUT2D eigenvalue weighted by atomic mass is 79.9. The Morgan fingerprint density at radius 1 is 1.20 bits per heavy atom. The molecule has 0 saturated carbocycles. The van der Waals surface area contributed by atoms with Crippen LogP contribution in [-0.4, -0.2) is 16.0 Å². The lowest BCUT2D eigenvalue weighted by Crippen LogP contribution is -2.19. The minimum atomic E-state index is -0.148. The van der Waals surface area contributed by atoms with Crippen molar-refractivity contribution in [1.82, 2.24) is 0 Å². The molecule has 0 aliphatic carbocycles. The Labute approximate surface area is 72.0 Å². The summed E-state index contributed by atoms with van der Waals surface area (Å²) < 4.78 is 0. The van der Waals surface area contributed by atoms with Crippen molar-refractivity contribution in [2.24, 2.45) is 0 Å². The van der Waals surface area contributed by atoms with Crippen molar-refractivity contribution >= 4 is 15.9 Å². The van der Waals surface area contributed by atoms with E-state index in [0.29, 0.717) is 4.83 Å². The normalized spacial score (nSPS) is 16.8. The minimum Gasteiger partial charge on any atom is -0.392 e. The molecule has 0 aromatic rings. The summed E-state index contributed by atoms with van der Waals surface area (Å²) in [6, 6.07) is 0. The molecular formula is C8H17BrO. The van der Waals surface area contributed by atoms with Crippen molar-refractivity contribution in [1.29, 1.82) is 0 Å². The van der Waals surface area contributed by atoms with Crippen LogP contribution >= 0.6 is 15.9 Å². The molecule has 0 aromatic carbocycles. The first-order chi connectivity index (χ1) is 4.72. The van der Waals surface area contributed by atoms with Gasteiger partial charge in [0.2, 0.25) is 0 Å². The van der Waals surface area contributed by atoms with Crippen LogP contribution < -0.4 is 0 Å². The molecule has 0 spiro atoms. The summed E-state index contributed by atoms with van der Waals surface area (Å²) in [6.45, 7) is 4.22. The van der Waals surface area contributed by atoms with Crippen molar-refractivity contribution in [3.05, 3.63) is 0 Å². The summed E-state index contributed by atoms with van der Waals surface area (Å²) in [5.41, 5.74) is 0. The molecule has 1 N–H and O–H groups in total. The number of rotatable bonds is 5. The molecule has 0 aromatic heterocycles. The largest absolute Gasteiger partial charge is 0.392 e. The number of hydrogen-bond donors (Lipinski definition) is 1. The predicted octanol–water partition coefficient (Wildman–Crippen LogP) is 2.71. The van der Waals surface area contributed by atoms with E-state index in [0.717, 1.165) is 25.7 Å². The first-order valence-electron chi connectivity index (χ1n) is 4.04. The van der Waals surface area contributed by atoms with E-state index in [4.69, 9.17) is 0 Å². The Hall–Kier alpha value is 0.440. The Kier molecular flexibility index (Phi) is 6.44. The second-order valence-electron chi connectivity index (χ2n) is 2.66. The Bertz CT molecular complexity index is 65.7. The molecule has 0 bridgehead atoms. The first-order valence-corrected chi connectivity index (χ1v) is 4.96. The van der Waals surface area contributed by atoms with Gasteiger partial charge in [-0.25, -0.2) is 0 Å². The Balaban J connectivity index is 3.38. The van der Waals surface area contributed by atoms with E-state index in [1.165, 1.54) is 0 Å². The standard InChI is InChI=1S/C8H17BrO/c1-3-5-7(9)8(10)6-4-2/h7-8,10H,3-6H2,1-2H3/t7-,8-/m0/s1. The number of aliphatic hydroxyl groups excluding tert-OH is 1. The summed E-state index contributed by atoms with van der Waals surface area (Å²) in [4.78, 5) is 0.303. The summed E-state index contributed by atoms with van der Waals surface area (Å²) in [5.74, 6) is 0. The van der Waals surface area contributed by atoms with Gasteiger partial charge >= 0.3 is 0 Å². The Morgan fingerprint density at radius 3 is 2.10 bits per heavy atom. The van der Waals surface area contributed by atoms with Gasteiger partial charge in [-0.2, -0.15) is 0 Å². The van der Waals surface area contributed by atoms with E-state index in [9.17, 15) is 5.11 Å². The molecule has 0 aliphatic rings. The van der Waals surface area contributed by atoms with Gasteiger partial charge in [0.1, 0.15) is 0 Å². The zero-order valence-electron chi connectivity index (χ0n) is 6.81. The van der Waals surface area contributed by atoms with Crippen molar-refractivity contribution < 1.29 is 5.11 Å². The summed E-state index contributed by atoms with van der Waals surface area (Å²) >= 11 is 3.45. The summed E-state index contributed by atoms with van der Waals surface area (Å²) in [5, 5.41) is 9.40. The average molecular weight is 209 g/mol. The minimum absolute atomic E-state index is 0.148. The monoisotopic (exact) mass is 208 g/mol. The smallest absolute Gasteiger partial charge is 0.0665 e. The zero-order valence-corrected chi connectivity index (χ0v) is 8.39. The van der Waals surface area contributed by atoms with Gasteiger partial charge in [0.15, 0.2) is 0 Å². The highest BCUT2D eigenvalue weighted by Gasteiger charge is 2.12. The lowest BCUT2D eigenvalue weighted by atomic mass is 10.1. The lowest BCUT2D eigenvalue weighted by molar-refractivity contribution is 0.159. The fourth-order valence-corrected chi connectivity index (χ4v) is 1.67. The van der Waals surface area contributed by atoms with Gasteiger partial charge in [0.05, 0.1) is 6.10 Å². The molecule has 62 valence electrons. The highest BCUT2D eigenvalue weighted by Crippen LogP contribution is 2.15. The molecule has 10 heavy (non-hydrogen) atoms. The molecule has 0 aliphatic heterocycles. The van der Waals surface area contributed by atoms with Crippen LogP contribution in [0, 0.1) is 0 Å². The van der Waals surface area contributed by atoms with E-state index in [1.807, 2.05) is 0 Å². The fourth-order valence-electron chi connectivity index (χ4n) is 0.945. The van der Waals surface area contributed by atoms with Gasteiger partial charge < -0.3 is 5.11 Å². The Morgan fingerprint density at radius 2 is 1.70 bits per heavy atom. The molecule has 2 atom stereocenters. The van der Waals surface area contributed by atoms with Crippen LogP contribution in [0.5, 0.6) is 0 Å². The van der Waals surface area contributed by atoms with Gasteiger partial charge in [-0.15, -0.1) is 0 Å². The van der Waals surface area contributed by atoms with Crippen LogP contribution in [0.2, 0.25) is 0 Å². The zero-order chi connectivity index (χ0) is 7.98. The van der Waals surface area contributed by atoms with Crippen molar-refractivity contribution in [3.63, 3.8) is 0 Å². The number of aliphatic hydroxyl groups is 1. The maximum atomic E-state index is 9.40. The van der Waals surface area contributed by atoms with Crippen LogP contribution in [0.25, 0.3) is 0 Å². The van der Waals surface area contributed by atoms with Gasteiger partial charge in [0.25, 0.3) is 0 Å². The molecule has 0 fully saturated rings. The van der Waals surface area contributed by atoms with Crippen LogP contribution in [0.4, 0.5) is 0 Å². The second-order valence-corrected chi connectivity index (χ2v) is 3.84. The molecule has 0 unspecified atom stereocenters. The van der Waals surface area contributed by atoms with Crippen LogP contribution in [0.15, 0.2) is 0 Å². The highest BCUT2D eigenvalue weighted by molar-refractivity contribution is 9.09. The van der Waals surface area contributed by atoms with Crippen LogP contribution in [-0.2, 0) is 0 Å². The van der Waals surface area contributed by atoms with Gasteiger partial charge in [-0.1, -0.05) is 42.6 Å². The summed E-state index contributed by atoms with van der Waals surface area (Å²) in [6.07, 6.45) is 4.03. The fraction of sp³-hybridized carbons (Fsp3) is 1.00. The predicted molar refractivity (Wildman–Crippen MR) is 48.5 cm³/mol. The third-order valence-electron chi connectivity index (χ3n) is 1.57. The van der Waals surface area contributed by atoms with Crippen LogP contribution in [0.1, 0.15) is 39.5 Å². The molecule has 0 rings (SSSR count). The third-order valence-corrected chi connectivity index (χ3v) is 2.63. The molecule has 2 heteroatoms. The topological polar surface area (TPSA) is 20.2 Å². The molecular weight excluding hydrogens is 192 g/mol. The third kappa shape index (κ3) is 4.29. The van der Waals surface area contributed by atoms with E-state index < -0.39 is 0 Å². The molecule has 0 radical (unpaired) electrons. The van der Waals surface area contributed by atoms with Crippen molar-refractivity contribution in [3.8, 4) is 0 Å². The second kappa shape index (κ2) is 6.17. The number of alkyl halides is 1. The maximum absolute atomic E-state index is 9.40. The van der Waals surface area contributed by atoms with E-state index in [1.54, 1.807) is 0 Å². The van der Waals surface area contributed by atoms with Gasteiger partial charge in [-0.05, 0) is 12.8 Å². The van der Waals surface area contributed by atoms with Gasteiger partial charge in [-0.3, -0.25) is 0 Å². The molecule has 0 saturated heterocycles. The van der Waals surface area contributed by atoms with Crippen LogP contribution in [0.3, 0.4) is 0 Å². The quantitative estimate of drug-likeness (QED) is 0.690. The van der Waals surface area contributed by atoms with E-state index >= 15 is 0 Å². The lowest BCUT2D eigenvalue weighted by Gasteiger charge is -2.14. The summed E-state index contributed by atoms with van der Waals surface area (Å²) in [7, 11) is 0. The molecule has 1 nitrogen and oxygen atoms in total. The molecule has 0 amide bonds. The number of hydrogen-bond acceptors (Lipinski definition) is 1. The SMILES string of the molecule is CCC[C@H](O)[C@@H](Br)CCC. The first kappa shape index (κ1) is 10.4. The van der Waals surface area contributed by atoms with E-state index in [2.05, 4.69) is 29.8 Å². The molecule has 0 heterocycles. The number of halogens is 1.